The molecule has 76 valence electrons. The molecule has 5 heteroatoms. The van der Waals surface area contributed by atoms with Crippen LogP contribution in [-0.4, -0.2) is 9.97 Å². The molecule has 0 saturated heterocycles. The highest BCUT2D eigenvalue weighted by molar-refractivity contribution is 9.10. The Morgan fingerprint density at radius 2 is 2.00 bits per heavy atom. The van der Waals surface area contributed by atoms with Gasteiger partial charge in [0.1, 0.15) is 5.03 Å². The molecule has 15 heavy (non-hydrogen) atoms. The van der Waals surface area contributed by atoms with Crippen molar-refractivity contribution in [3.05, 3.63) is 41.1 Å². The fourth-order valence-corrected chi connectivity index (χ4v) is 2.43. The molecule has 2 rings (SSSR count). The number of nitrogens with two attached hydrogens (primary N) is 1. The van der Waals surface area contributed by atoms with Crippen LogP contribution in [0.1, 0.15) is 0 Å². The lowest BCUT2D eigenvalue weighted by atomic mass is 10.4. The second kappa shape index (κ2) is 4.63. The van der Waals surface area contributed by atoms with E-state index in [9.17, 15) is 0 Å². The monoisotopic (exact) mass is 281 g/mol. The number of benzene rings is 1. The van der Waals surface area contributed by atoms with E-state index in [0.717, 1.165) is 14.4 Å². The van der Waals surface area contributed by atoms with Crippen molar-refractivity contribution in [1.82, 2.24) is 9.97 Å². The Morgan fingerprint density at radius 3 is 2.73 bits per heavy atom. The second-order valence-corrected chi connectivity index (χ2v) is 4.78. The van der Waals surface area contributed by atoms with Crippen LogP contribution in [0, 0.1) is 0 Å². The van der Waals surface area contributed by atoms with Gasteiger partial charge in [0.25, 0.3) is 0 Å². The summed E-state index contributed by atoms with van der Waals surface area (Å²) in [5.41, 5.74) is 5.70. The Hall–Kier alpha value is -1.07. The van der Waals surface area contributed by atoms with Gasteiger partial charge in [-0.2, -0.15) is 0 Å². The van der Waals surface area contributed by atoms with Crippen LogP contribution in [-0.2, 0) is 0 Å². The summed E-state index contributed by atoms with van der Waals surface area (Å²) < 4.78 is 1.04. The van der Waals surface area contributed by atoms with Crippen molar-refractivity contribution in [2.45, 2.75) is 9.92 Å². The van der Waals surface area contributed by atoms with Gasteiger partial charge >= 0.3 is 0 Å². The minimum absolute atomic E-state index is 0.461. The first-order valence-electron chi connectivity index (χ1n) is 4.25. The molecule has 0 spiro atoms. The van der Waals surface area contributed by atoms with E-state index in [2.05, 4.69) is 25.9 Å². The SMILES string of the molecule is Nc1nccnc1Sc1cccc(Br)c1. The lowest BCUT2D eigenvalue weighted by molar-refractivity contribution is 1.07. The lowest BCUT2D eigenvalue weighted by Crippen LogP contribution is -1.94. The van der Waals surface area contributed by atoms with Crippen molar-refractivity contribution in [2.75, 3.05) is 5.73 Å². The van der Waals surface area contributed by atoms with Crippen LogP contribution in [0.4, 0.5) is 5.82 Å². The third-order valence-electron chi connectivity index (χ3n) is 1.70. The van der Waals surface area contributed by atoms with Crippen molar-refractivity contribution in [2.24, 2.45) is 0 Å². The topological polar surface area (TPSA) is 51.8 Å². The van der Waals surface area contributed by atoms with E-state index in [-0.39, 0.29) is 0 Å². The second-order valence-electron chi connectivity index (χ2n) is 2.81. The molecule has 0 aliphatic rings. The zero-order valence-electron chi connectivity index (χ0n) is 7.72. The average Bonchev–Trinajstić information content (AvgIpc) is 2.22. The van der Waals surface area contributed by atoms with Gasteiger partial charge in [-0.15, -0.1) is 0 Å². The predicted octanol–water partition coefficient (Wildman–Crippen LogP) is 2.97. The Morgan fingerprint density at radius 1 is 1.20 bits per heavy atom. The van der Waals surface area contributed by atoms with Gasteiger partial charge in [-0.3, -0.25) is 0 Å². The molecule has 2 N–H and O–H groups in total. The molecular formula is C10H8BrN3S. The Bertz CT molecular complexity index is 476. The van der Waals surface area contributed by atoms with Crippen molar-refractivity contribution in [3.63, 3.8) is 0 Å². The summed E-state index contributed by atoms with van der Waals surface area (Å²) >= 11 is 4.91. The number of nitrogens with zero attached hydrogens (tertiary/aromatic N) is 2. The summed E-state index contributed by atoms with van der Waals surface area (Å²) in [5.74, 6) is 0.461. The number of halogens is 1. The van der Waals surface area contributed by atoms with Gasteiger partial charge in [0.15, 0.2) is 5.82 Å². The maximum Gasteiger partial charge on any atom is 0.156 e. The molecule has 0 aliphatic heterocycles. The molecule has 2 aromatic rings. The molecule has 0 aliphatic carbocycles. The molecule has 1 heterocycles. The first-order chi connectivity index (χ1) is 7.25. The van der Waals surface area contributed by atoms with Gasteiger partial charge in [-0.1, -0.05) is 33.8 Å². The smallest absolute Gasteiger partial charge is 0.156 e. The molecule has 0 saturated carbocycles. The number of nitrogen functional groups attached to an aromatic ring is 1. The van der Waals surface area contributed by atoms with Crippen molar-refractivity contribution >= 4 is 33.5 Å². The first-order valence-corrected chi connectivity index (χ1v) is 5.86. The fourth-order valence-electron chi connectivity index (χ4n) is 1.06. The molecule has 0 unspecified atom stereocenters. The Labute approximate surface area is 100 Å². The van der Waals surface area contributed by atoms with Crippen LogP contribution in [0.3, 0.4) is 0 Å². The van der Waals surface area contributed by atoms with Gasteiger partial charge in [0.05, 0.1) is 0 Å². The maximum atomic E-state index is 5.70. The number of anilines is 1. The van der Waals surface area contributed by atoms with E-state index in [1.807, 2.05) is 24.3 Å². The number of hydrogen-bond acceptors (Lipinski definition) is 4. The van der Waals surface area contributed by atoms with Crippen molar-refractivity contribution in [3.8, 4) is 0 Å². The largest absolute Gasteiger partial charge is 0.381 e. The fraction of sp³-hybridized carbons (Fsp3) is 0. The van der Waals surface area contributed by atoms with Crippen LogP contribution < -0.4 is 5.73 Å². The number of hydrogen-bond donors (Lipinski definition) is 1. The minimum Gasteiger partial charge on any atom is -0.381 e. The molecule has 0 atom stereocenters. The number of aromatic nitrogens is 2. The molecule has 0 bridgehead atoms. The third kappa shape index (κ3) is 2.70. The molecule has 0 radical (unpaired) electrons. The van der Waals surface area contributed by atoms with Crippen LogP contribution >= 0.6 is 27.7 Å². The van der Waals surface area contributed by atoms with E-state index >= 15 is 0 Å². The molecule has 3 nitrogen and oxygen atoms in total. The van der Waals surface area contributed by atoms with Crippen LogP contribution in [0.15, 0.2) is 51.1 Å². The van der Waals surface area contributed by atoms with Crippen molar-refractivity contribution < 1.29 is 0 Å². The number of rotatable bonds is 2. The third-order valence-corrected chi connectivity index (χ3v) is 3.19. The standard InChI is InChI=1S/C10H8BrN3S/c11-7-2-1-3-8(6-7)15-10-9(12)13-4-5-14-10/h1-6H,(H2,12,13). The molecule has 0 amide bonds. The maximum absolute atomic E-state index is 5.70. The predicted molar refractivity (Wildman–Crippen MR) is 64.7 cm³/mol. The van der Waals surface area contributed by atoms with Crippen molar-refractivity contribution in [1.29, 1.82) is 0 Å². The van der Waals surface area contributed by atoms with E-state index in [1.54, 1.807) is 12.4 Å². The highest BCUT2D eigenvalue weighted by atomic mass is 79.9. The van der Waals surface area contributed by atoms with E-state index in [4.69, 9.17) is 5.73 Å². The van der Waals surface area contributed by atoms with Gasteiger partial charge < -0.3 is 5.73 Å². The zero-order valence-corrected chi connectivity index (χ0v) is 10.1. The van der Waals surface area contributed by atoms with Crippen LogP contribution in [0.25, 0.3) is 0 Å². The summed E-state index contributed by atoms with van der Waals surface area (Å²) in [5, 5.41) is 0.732. The molecule has 0 fully saturated rings. The normalized spacial score (nSPS) is 10.2. The molecule has 1 aromatic carbocycles. The zero-order chi connectivity index (χ0) is 10.7. The lowest BCUT2D eigenvalue weighted by Gasteiger charge is -2.02. The summed E-state index contributed by atoms with van der Waals surface area (Å²) in [4.78, 5) is 9.22. The minimum atomic E-state index is 0.461. The highest BCUT2D eigenvalue weighted by Gasteiger charge is 2.03. The van der Waals surface area contributed by atoms with E-state index in [0.29, 0.717) is 5.82 Å². The Balaban J connectivity index is 2.26. The van der Waals surface area contributed by atoms with E-state index in [1.165, 1.54) is 11.8 Å². The summed E-state index contributed by atoms with van der Waals surface area (Å²) in [6.45, 7) is 0. The molecule has 1 aromatic heterocycles. The van der Waals surface area contributed by atoms with Gasteiger partial charge in [0.2, 0.25) is 0 Å². The summed E-state index contributed by atoms with van der Waals surface area (Å²) in [7, 11) is 0. The Kier molecular flexibility index (Phi) is 3.23. The summed E-state index contributed by atoms with van der Waals surface area (Å²) in [6.07, 6.45) is 3.22. The first kappa shape index (κ1) is 10.4. The average molecular weight is 282 g/mol. The summed E-state index contributed by atoms with van der Waals surface area (Å²) in [6, 6.07) is 7.96. The highest BCUT2D eigenvalue weighted by Crippen LogP contribution is 2.30. The molecular weight excluding hydrogens is 274 g/mol. The van der Waals surface area contributed by atoms with Crippen LogP contribution in [0.5, 0.6) is 0 Å². The van der Waals surface area contributed by atoms with Crippen LogP contribution in [0.2, 0.25) is 0 Å². The van der Waals surface area contributed by atoms with Gasteiger partial charge in [-0.25, -0.2) is 9.97 Å². The quantitative estimate of drug-likeness (QED) is 0.920. The van der Waals surface area contributed by atoms with Gasteiger partial charge in [-0.05, 0) is 18.2 Å². The van der Waals surface area contributed by atoms with Gasteiger partial charge in [0, 0.05) is 21.8 Å². The van der Waals surface area contributed by atoms with E-state index < -0.39 is 0 Å².